The number of piperazine rings is 1. The number of amides is 2. The molecule has 3 heterocycles. The first-order valence-corrected chi connectivity index (χ1v) is 8.13. The summed E-state index contributed by atoms with van der Waals surface area (Å²) in [4.78, 5) is 23.1. The van der Waals surface area contributed by atoms with Crippen molar-refractivity contribution in [2.24, 2.45) is 0 Å². The van der Waals surface area contributed by atoms with Crippen molar-refractivity contribution in [3.63, 3.8) is 0 Å². The van der Waals surface area contributed by atoms with E-state index >= 15 is 0 Å². The molecule has 1 unspecified atom stereocenters. The number of nitrogens with zero attached hydrogens (tertiary/aromatic N) is 4. The molecule has 0 bridgehead atoms. The zero-order chi connectivity index (χ0) is 15.4. The van der Waals surface area contributed by atoms with Crippen LogP contribution in [-0.4, -0.2) is 73.2 Å². The highest BCUT2D eigenvalue weighted by Crippen LogP contribution is 2.14. The Labute approximate surface area is 132 Å². The second kappa shape index (κ2) is 6.96. The average molecular weight is 303 g/mol. The lowest BCUT2D eigenvalue weighted by Gasteiger charge is -2.35. The molecule has 120 valence electrons. The number of pyridine rings is 1. The van der Waals surface area contributed by atoms with Gasteiger partial charge in [0.1, 0.15) is 5.82 Å². The maximum atomic E-state index is 12.3. The Morgan fingerprint density at radius 1 is 1.27 bits per heavy atom. The Balaban J connectivity index is 1.44. The largest absolute Gasteiger partial charge is 0.353 e. The minimum atomic E-state index is 0.0703. The first kappa shape index (κ1) is 15.1. The zero-order valence-corrected chi connectivity index (χ0v) is 13.2. The molecule has 2 saturated heterocycles. The molecule has 2 fully saturated rings. The van der Waals surface area contributed by atoms with Gasteiger partial charge < -0.3 is 20.0 Å². The molecule has 1 N–H and O–H groups in total. The van der Waals surface area contributed by atoms with E-state index in [4.69, 9.17) is 0 Å². The van der Waals surface area contributed by atoms with Gasteiger partial charge in [-0.05, 0) is 38.6 Å². The molecule has 6 heteroatoms. The standard InChI is InChI=1S/C16H25N5O/c1-19-8-4-5-14(19)13-18-16(22)21-11-9-20(10-12-21)15-6-2-3-7-17-15/h2-3,6-7,14H,4-5,8-13H2,1H3,(H,18,22). The number of hydrogen-bond acceptors (Lipinski definition) is 4. The van der Waals surface area contributed by atoms with Crippen LogP contribution in [0, 0.1) is 0 Å². The molecule has 0 radical (unpaired) electrons. The average Bonchev–Trinajstić information content (AvgIpc) is 2.99. The summed E-state index contributed by atoms with van der Waals surface area (Å²) in [6, 6.07) is 6.51. The van der Waals surface area contributed by atoms with Gasteiger partial charge >= 0.3 is 6.03 Å². The van der Waals surface area contributed by atoms with Crippen molar-refractivity contribution in [2.45, 2.75) is 18.9 Å². The molecular formula is C16H25N5O. The summed E-state index contributed by atoms with van der Waals surface area (Å²) in [5, 5.41) is 3.09. The molecule has 22 heavy (non-hydrogen) atoms. The van der Waals surface area contributed by atoms with E-state index in [2.05, 4.69) is 27.1 Å². The minimum absolute atomic E-state index is 0.0703. The molecule has 3 rings (SSSR count). The van der Waals surface area contributed by atoms with Crippen LogP contribution in [0.2, 0.25) is 0 Å². The molecule has 0 aromatic carbocycles. The third-order valence-electron chi connectivity index (χ3n) is 4.70. The maximum absolute atomic E-state index is 12.3. The van der Waals surface area contributed by atoms with Crippen LogP contribution in [0.4, 0.5) is 10.6 Å². The normalized spacial score (nSPS) is 22.9. The van der Waals surface area contributed by atoms with Crippen LogP contribution < -0.4 is 10.2 Å². The third kappa shape index (κ3) is 3.50. The lowest BCUT2D eigenvalue weighted by atomic mass is 10.2. The van der Waals surface area contributed by atoms with E-state index in [0.29, 0.717) is 6.04 Å². The summed E-state index contributed by atoms with van der Waals surface area (Å²) >= 11 is 0. The van der Waals surface area contributed by atoms with Crippen LogP contribution in [0.3, 0.4) is 0 Å². The van der Waals surface area contributed by atoms with Gasteiger partial charge in [0.05, 0.1) is 0 Å². The van der Waals surface area contributed by atoms with Crippen molar-refractivity contribution in [1.29, 1.82) is 0 Å². The third-order valence-corrected chi connectivity index (χ3v) is 4.70. The Hall–Kier alpha value is -1.82. The van der Waals surface area contributed by atoms with Crippen molar-refractivity contribution in [3.05, 3.63) is 24.4 Å². The summed E-state index contributed by atoms with van der Waals surface area (Å²) in [5.41, 5.74) is 0. The predicted molar refractivity (Wildman–Crippen MR) is 87.1 cm³/mol. The van der Waals surface area contributed by atoms with Gasteiger partial charge in [0.2, 0.25) is 0 Å². The topological polar surface area (TPSA) is 51.7 Å². The van der Waals surface area contributed by atoms with Gasteiger partial charge in [-0.3, -0.25) is 0 Å². The summed E-state index contributed by atoms with van der Waals surface area (Å²) in [7, 11) is 2.13. The summed E-state index contributed by atoms with van der Waals surface area (Å²) in [6.07, 6.45) is 4.23. The number of carbonyl (C=O) groups excluding carboxylic acids is 1. The Kier molecular flexibility index (Phi) is 4.77. The van der Waals surface area contributed by atoms with Crippen LogP contribution in [0.5, 0.6) is 0 Å². The number of nitrogens with one attached hydrogen (secondary N) is 1. The number of carbonyl (C=O) groups is 1. The van der Waals surface area contributed by atoms with Gasteiger partial charge in [-0.15, -0.1) is 0 Å². The van der Waals surface area contributed by atoms with Gasteiger partial charge in [0.15, 0.2) is 0 Å². The first-order chi connectivity index (χ1) is 10.7. The number of likely N-dealkylation sites (N-methyl/N-ethyl adjacent to an activating group) is 1. The van der Waals surface area contributed by atoms with E-state index in [9.17, 15) is 4.79 Å². The van der Waals surface area contributed by atoms with Crippen LogP contribution in [-0.2, 0) is 0 Å². The highest BCUT2D eigenvalue weighted by Gasteiger charge is 2.24. The van der Waals surface area contributed by atoms with Gasteiger partial charge in [-0.1, -0.05) is 6.07 Å². The lowest BCUT2D eigenvalue weighted by Crippen LogP contribution is -2.53. The quantitative estimate of drug-likeness (QED) is 0.905. The fourth-order valence-corrected chi connectivity index (χ4v) is 3.23. The van der Waals surface area contributed by atoms with Crippen molar-refractivity contribution in [1.82, 2.24) is 20.1 Å². The Morgan fingerprint density at radius 2 is 2.09 bits per heavy atom. The van der Waals surface area contributed by atoms with Crippen LogP contribution >= 0.6 is 0 Å². The SMILES string of the molecule is CN1CCCC1CNC(=O)N1CCN(c2ccccn2)CC1. The second-order valence-electron chi connectivity index (χ2n) is 6.12. The summed E-state index contributed by atoms with van der Waals surface area (Å²) in [6.45, 7) is 5.09. The smallest absolute Gasteiger partial charge is 0.317 e. The van der Waals surface area contributed by atoms with E-state index in [-0.39, 0.29) is 6.03 Å². The molecule has 1 aromatic rings. The first-order valence-electron chi connectivity index (χ1n) is 8.13. The van der Waals surface area contributed by atoms with E-state index in [1.54, 1.807) is 0 Å². The van der Waals surface area contributed by atoms with E-state index in [0.717, 1.165) is 45.1 Å². The lowest BCUT2D eigenvalue weighted by molar-refractivity contribution is 0.190. The van der Waals surface area contributed by atoms with E-state index in [1.165, 1.54) is 12.8 Å². The molecule has 1 atom stereocenters. The monoisotopic (exact) mass is 303 g/mol. The molecule has 0 saturated carbocycles. The highest BCUT2D eigenvalue weighted by molar-refractivity contribution is 5.74. The number of urea groups is 1. The zero-order valence-electron chi connectivity index (χ0n) is 13.2. The number of rotatable bonds is 3. The van der Waals surface area contributed by atoms with Gasteiger partial charge in [-0.2, -0.15) is 0 Å². The molecule has 0 spiro atoms. The number of anilines is 1. The van der Waals surface area contributed by atoms with E-state index < -0.39 is 0 Å². The molecule has 0 aliphatic carbocycles. The number of hydrogen-bond donors (Lipinski definition) is 1. The summed E-state index contributed by atoms with van der Waals surface area (Å²) in [5.74, 6) is 0.995. The second-order valence-corrected chi connectivity index (χ2v) is 6.12. The van der Waals surface area contributed by atoms with Gasteiger partial charge in [0.25, 0.3) is 0 Å². The molecule has 2 aliphatic rings. The van der Waals surface area contributed by atoms with Crippen LogP contribution in [0.25, 0.3) is 0 Å². The maximum Gasteiger partial charge on any atom is 0.317 e. The van der Waals surface area contributed by atoms with Crippen molar-refractivity contribution >= 4 is 11.8 Å². The van der Waals surface area contributed by atoms with Crippen LogP contribution in [0.15, 0.2) is 24.4 Å². The van der Waals surface area contributed by atoms with E-state index in [1.807, 2.05) is 29.3 Å². The van der Waals surface area contributed by atoms with Crippen molar-refractivity contribution < 1.29 is 4.79 Å². The summed E-state index contributed by atoms with van der Waals surface area (Å²) < 4.78 is 0. The minimum Gasteiger partial charge on any atom is -0.353 e. The molecular weight excluding hydrogens is 278 g/mol. The fraction of sp³-hybridized carbons (Fsp3) is 0.625. The van der Waals surface area contributed by atoms with Gasteiger partial charge in [-0.25, -0.2) is 9.78 Å². The predicted octanol–water partition coefficient (Wildman–Crippen LogP) is 1.01. The van der Waals surface area contributed by atoms with Crippen molar-refractivity contribution in [2.75, 3.05) is 51.2 Å². The molecule has 2 amide bonds. The van der Waals surface area contributed by atoms with Gasteiger partial charge in [0, 0.05) is 45.0 Å². The number of aromatic nitrogens is 1. The molecule has 6 nitrogen and oxygen atoms in total. The van der Waals surface area contributed by atoms with Crippen LogP contribution in [0.1, 0.15) is 12.8 Å². The fourth-order valence-electron chi connectivity index (χ4n) is 3.23. The molecule has 2 aliphatic heterocycles. The Bertz CT molecular complexity index is 487. The Morgan fingerprint density at radius 3 is 2.73 bits per heavy atom. The highest BCUT2D eigenvalue weighted by atomic mass is 16.2. The number of likely N-dealkylation sites (tertiary alicyclic amines) is 1. The molecule has 1 aromatic heterocycles. The van der Waals surface area contributed by atoms with Crippen molar-refractivity contribution in [3.8, 4) is 0 Å².